The van der Waals surface area contributed by atoms with Gasteiger partial charge in [0.2, 0.25) is 23.6 Å². The molecule has 0 aliphatic rings. The van der Waals surface area contributed by atoms with E-state index in [0.717, 1.165) is 0 Å². The summed E-state index contributed by atoms with van der Waals surface area (Å²) >= 11 is 5.28. The van der Waals surface area contributed by atoms with Gasteiger partial charge in [-0.05, 0) is 47.9 Å². The Hall–Kier alpha value is -4.49. The first-order chi connectivity index (χ1) is 24.9. The molecule has 0 unspecified atom stereocenters. The Bertz CT molecular complexity index is 1620. The van der Waals surface area contributed by atoms with Crippen molar-refractivity contribution in [3.05, 3.63) is 52.2 Å². The number of hydrogen-bond donors (Lipinski definition) is 10. The van der Waals surface area contributed by atoms with E-state index in [2.05, 4.69) is 43.7 Å². The number of phosphoric acid groups is 1. The molecule has 1 heterocycles. The first kappa shape index (κ1) is 44.7. The van der Waals surface area contributed by atoms with Crippen molar-refractivity contribution in [3.8, 4) is 5.75 Å². The number of carboxylic acids is 2. The van der Waals surface area contributed by atoms with Gasteiger partial charge in [-0.3, -0.25) is 43.3 Å². The molecule has 53 heavy (non-hydrogen) atoms. The maximum atomic E-state index is 13.7. The molecule has 1 aromatic heterocycles. The van der Waals surface area contributed by atoms with E-state index < -0.39 is 99.1 Å². The third-order valence-electron chi connectivity index (χ3n) is 7.76. The van der Waals surface area contributed by atoms with E-state index in [4.69, 9.17) is 9.79 Å². The van der Waals surface area contributed by atoms with Crippen LogP contribution in [0.25, 0.3) is 0 Å². The van der Waals surface area contributed by atoms with Crippen LogP contribution in [-0.4, -0.2) is 97.9 Å². The van der Waals surface area contributed by atoms with Crippen molar-refractivity contribution in [2.24, 2.45) is 5.92 Å². The van der Waals surface area contributed by atoms with E-state index in [1.54, 1.807) is 19.2 Å². The van der Waals surface area contributed by atoms with Gasteiger partial charge in [-0.1, -0.05) is 32.4 Å². The highest BCUT2D eigenvalue weighted by molar-refractivity contribution is 7.80. The van der Waals surface area contributed by atoms with Crippen LogP contribution in [0.15, 0.2) is 41.1 Å². The minimum absolute atomic E-state index is 0.175. The minimum atomic E-state index is -4.85. The SMILES string of the molecule is CC[C@H](C)[C@H](NC(=O)[C@H](CCC(=O)O)NC(=O)[C@H](CCC(=O)O)NC(=O)[C@H](Cc1ccc(OP(=O)(O)O)cc1)NC(=O)c1ccsc1)C(=O)NCCS. The Labute approximate surface area is 314 Å². The second kappa shape index (κ2) is 21.9. The summed E-state index contributed by atoms with van der Waals surface area (Å²) in [7, 11) is -4.85. The van der Waals surface area contributed by atoms with Crippen molar-refractivity contribution in [1.29, 1.82) is 0 Å². The van der Waals surface area contributed by atoms with Crippen LogP contribution in [0.3, 0.4) is 0 Å². The smallest absolute Gasteiger partial charge is 0.481 e. The summed E-state index contributed by atoms with van der Waals surface area (Å²) in [5.74, 6) is -6.85. The number of rotatable bonds is 23. The molecule has 0 spiro atoms. The van der Waals surface area contributed by atoms with Gasteiger partial charge in [-0.15, -0.1) is 0 Å². The largest absolute Gasteiger partial charge is 0.524 e. The van der Waals surface area contributed by atoms with E-state index >= 15 is 0 Å². The van der Waals surface area contributed by atoms with Crippen molar-refractivity contribution in [1.82, 2.24) is 26.6 Å². The lowest BCUT2D eigenvalue weighted by Gasteiger charge is -2.28. The topological polar surface area (TPSA) is 287 Å². The van der Waals surface area contributed by atoms with Crippen molar-refractivity contribution < 1.29 is 62.7 Å². The molecule has 1 aromatic carbocycles. The predicted molar refractivity (Wildman–Crippen MR) is 194 cm³/mol. The predicted octanol–water partition coefficient (Wildman–Crippen LogP) is 0.837. The minimum Gasteiger partial charge on any atom is -0.481 e. The molecule has 0 bridgehead atoms. The summed E-state index contributed by atoms with van der Waals surface area (Å²) in [6.07, 6.45) is -1.80. The molecule has 0 fully saturated rings. The van der Waals surface area contributed by atoms with Crippen LogP contribution in [-0.2, 0) is 39.8 Å². The lowest BCUT2D eigenvalue weighted by atomic mass is 9.97. The van der Waals surface area contributed by atoms with Crippen molar-refractivity contribution in [2.75, 3.05) is 12.3 Å². The molecule has 0 saturated carbocycles. The molecule has 292 valence electrons. The molecule has 0 radical (unpaired) electrons. The van der Waals surface area contributed by atoms with Gasteiger partial charge < -0.3 is 41.3 Å². The summed E-state index contributed by atoms with van der Waals surface area (Å²) in [5.41, 5.74) is 0.612. The van der Waals surface area contributed by atoms with Crippen LogP contribution in [0, 0.1) is 5.92 Å². The Balaban J connectivity index is 2.38. The van der Waals surface area contributed by atoms with E-state index in [1.165, 1.54) is 47.0 Å². The Kier molecular flexibility index (Phi) is 18.5. The van der Waals surface area contributed by atoms with Gasteiger partial charge in [0.1, 0.15) is 29.9 Å². The van der Waals surface area contributed by atoms with Gasteiger partial charge in [0.25, 0.3) is 5.91 Å². The highest BCUT2D eigenvalue weighted by Gasteiger charge is 2.33. The van der Waals surface area contributed by atoms with Crippen molar-refractivity contribution in [3.63, 3.8) is 0 Å². The van der Waals surface area contributed by atoms with Crippen molar-refractivity contribution >= 4 is 73.3 Å². The van der Waals surface area contributed by atoms with Gasteiger partial charge in [0.15, 0.2) is 0 Å². The first-order valence-corrected chi connectivity index (χ1v) is 19.4. The van der Waals surface area contributed by atoms with Crippen LogP contribution in [0.5, 0.6) is 5.75 Å². The quantitative estimate of drug-likeness (QED) is 0.0552. The zero-order valence-corrected chi connectivity index (χ0v) is 31.5. The van der Waals surface area contributed by atoms with Gasteiger partial charge in [0, 0.05) is 36.9 Å². The zero-order chi connectivity index (χ0) is 39.7. The van der Waals surface area contributed by atoms with Gasteiger partial charge in [-0.25, -0.2) is 4.57 Å². The van der Waals surface area contributed by atoms with Crippen LogP contribution in [0.4, 0.5) is 0 Å². The number of carbonyl (C=O) groups excluding carboxylic acids is 5. The lowest BCUT2D eigenvalue weighted by molar-refractivity contribution is -0.140. The maximum Gasteiger partial charge on any atom is 0.524 e. The standard InChI is InChI=1S/C32H44N5O13PS2/c1-3-18(2)27(32(46)33-13-14-52)37-30(44)23(9-11-26(40)41)34-29(43)22(8-10-25(38)39)35-31(45)24(36-28(42)20-12-15-53-17-20)16-19-4-6-21(7-5-19)50-51(47,48)49/h4-7,12,15,17-18,22-24,27,52H,3,8-11,13-14,16H2,1-2H3,(H,33,46)(H,34,43)(H,35,45)(H,36,42)(H,37,44)(H,38,39)(H,40,41)(H2,47,48,49)/t18-,22-,23-,24-,27-/m0/s1. The monoisotopic (exact) mass is 801 g/mol. The highest BCUT2D eigenvalue weighted by Crippen LogP contribution is 2.37. The van der Waals surface area contributed by atoms with Gasteiger partial charge in [0.05, 0.1) is 5.56 Å². The average Bonchev–Trinajstić information content (AvgIpc) is 3.64. The summed E-state index contributed by atoms with van der Waals surface area (Å²) in [4.78, 5) is 108. The van der Waals surface area contributed by atoms with Crippen LogP contribution < -0.4 is 31.1 Å². The number of nitrogens with one attached hydrogen (secondary N) is 5. The number of hydrogen-bond acceptors (Lipinski definition) is 11. The number of phosphoric ester groups is 1. The number of thiophene rings is 1. The molecule has 18 nitrogen and oxygen atoms in total. The summed E-state index contributed by atoms with van der Waals surface area (Å²) < 4.78 is 15.7. The molecule has 5 atom stereocenters. The zero-order valence-electron chi connectivity index (χ0n) is 28.9. The number of thiol groups is 1. The third kappa shape index (κ3) is 16.4. The molecule has 21 heteroatoms. The molecule has 0 saturated heterocycles. The summed E-state index contributed by atoms with van der Waals surface area (Å²) in [6, 6.07) is 1.18. The second-order valence-electron chi connectivity index (χ2n) is 11.8. The number of amides is 5. The Morgan fingerprint density at radius 1 is 0.811 bits per heavy atom. The molecule has 5 amide bonds. The Morgan fingerprint density at radius 2 is 1.36 bits per heavy atom. The molecule has 0 aliphatic carbocycles. The maximum absolute atomic E-state index is 13.7. The van der Waals surface area contributed by atoms with Crippen LogP contribution >= 0.6 is 31.8 Å². The van der Waals surface area contributed by atoms with E-state index in [0.29, 0.717) is 17.7 Å². The number of aliphatic carboxylic acids is 2. The molecular formula is C32H44N5O13PS2. The summed E-state index contributed by atoms with van der Waals surface area (Å²) in [5, 5.41) is 34.4. The average molecular weight is 802 g/mol. The van der Waals surface area contributed by atoms with Crippen molar-refractivity contribution in [2.45, 2.75) is 76.5 Å². The normalized spacial score (nSPS) is 14.0. The number of carboxylic acid groups (broad SMARTS) is 2. The third-order valence-corrected chi connectivity index (χ3v) is 9.11. The van der Waals surface area contributed by atoms with E-state index in [9.17, 15) is 48.3 Å². The van der Waals surface area contributed by atoms with Gasteiger partial charge in [-0.2, -0.15) is 24.0 Å². The fraction of sp³-hybridized carbons (Fsp3) is 0.469. The molecule has 2 aromatic rings. The highest BCUT2D eigenvalue weighted by atomic mass is 32.1. The molecular weight excluding hydrogens is 757 g/mol. The van der Waals surface area contributed by atoms with E-state index in [1.807, 2.05) is 0 Å². The second-order valence-corrected chi connectivity index (χ2v) is 14.2. The fourth-order valence-corrected chi connectivity index (χ4v) is 5.91. The molecule has 0 aliphatic heterocycles. The molecule has 2 rings (SSSR count). The summed E-state index contributed by atoms with van der Waals surface area (Å²) in [6.45, 7) is 3.71. The van der Waals surface area contributed by atoms with E-state index in [-0.39, 0.29) is 30.2 Å². The Morgan fingerprint density at radius 3 is 1.83 bits per heavy atom. The van der Waals surface area contributed by atoms with Gasteiger partial charge >= 0.3 is 19.8 Å². The molecule has 9 N–H and O–H groups in total. The number of carbonyl (C=O) groups is 7. The van der Waals surface area contributed by atoms with Crippen LogP contribution in [0.1, 0.15) is 61.9 Å². The fourth-order valence-electron chi connectivity index (χ4n) is 4.77. The number of benzene rings is 1. The lowest BCUT2D eigenvalue weighted by Crippen LogP contribution is -2.59. The van der Waals surface area contributed by atoms with Crippen LogP contribution in [0.2, 0.25) is 0 Å². The first-order valence-electron chi connectivity index (χ1n) is 16.3.